The fourth-order valence-corrected chi connectivity index (χ4v) is 6.36. The topological polar surface area (TPSA) is 108 Å². The zero-order valence-electron chi connectivity index (χ0n) is 25.0. The lowest BCUT2D eigenvalue weighted by molar-refractivity contribution is -0.137. The lowest BCUT2D eigenvalue weighted by Crippen LogP contribution is -2.32. The van der Waals surface area contributed by atoms with E-state index in [2.05, 4.69) is 15.4 Å². The Bertz CT molecular complexity index is 1810. The number of hydrogen-bond acceptors (Lipinski definition) is 9. The van der Waals surface area contributed by atoms with Crippen LogP contribution in [0.5, 0.6) is 5.88 Å². The molecule has 0 spiro atoms. The number of pyridine rings is 1. The Morgan fingerprint density at radius 1 is 1.02 bits per heavy atom. The number of aromatic nitrogens is 3. The van der Waals surface area contributed by atoms with Gasteiger partial charge in [0.15, 0.2) is 6.17 Å². The van der Waals surface area contributed by atoms with E-state index in [1.165, 1.54) is 60.3 Å². The van der Waals surface area contributed by atoms with E-state index in [1.54, 1.807) is 13.1 Å². The van der Waals surface area contributed by atoms with Crippen molar-refractivity contribution in [3.8, 4) is 17.1 Å². The lowest BCUT2D eigenvalue weighted by atomic mass is 9.92. The second kappa shape index (κ2) is 12.2. The van der Waals surface area contributed by atoms with Crippen molar-refractivity contribution in [1.29, 1.82) is 0 Å². The number of anilines is 2. The number of aryl methyl sites for hydroxylation is 1. The lowest BCUT2D eigenvalue weighted by Gasteiger charge is -2.25. The van der Waals surface area contributed by atoms with Crippen LogP contribution < -0.4 is 15.1 Å². The zero-order chi connectivity index (χ0) is 32.7. The summed E-state index contributed by atoms with van der Waals surface area (Å²) in [6.07, 6.45) is -5.83. The van der Waals surface area contributed by atoms with Crippen LogP contribution in [0.4, 0.5) is 24.5 Å². The Hall–Kier alpha value is -3.85. The second-order valence-electron chi connectivity index (χ2n) is 11.2. The van der Waals surface area contributed by atoms with Gasteiger partial charge in [0.1, 0.15) is 18.0 Å². The summed E-state index contributed by atoms with van der Waals surface area (Å²) in [5, 5.41) is 9.06. The van der Waals surface area contributed by atoms with Gasteiger partial charge in [0.2, 0.25) is 5.88 Å². The first-order chi connectivity index (χ1) is 21.1. The predicted octanol–water partition coefficient (Wildman–Crippen LogP) is 6.73. The van der Waals surface area contributed by atoms with E-state index in [9.17, 15) is 21.6 Å². The maximum absolute atomic E-state index is 14.1. The number of rotatable bonds is 9. The third-order valence-electron chi connectivity index (χ3n) is 6.96. The molecule has 45 heavy (non-hydrogen) atoms. The molecule has 1 unspecified atom stereocenters. The summed E-state index contributed by atoms with van der Waals surface area (Å²) in [6, 6.07) is 13.7. The number of hydroxylamine groups is 1. The maximum atomic E-state index is 14.1. The molecule has 2 aromatic heterocycles. The van der Waals surface area contributed by atoms with Crippen molar-refractivity contribution in [1.82, 2.24) is 14.8 Å². The molecule has 1 aliphatic rings. The molecule has 240 valence electrons. The largest absolute Gasteiger partial charge is 0.474 e. The van der Waals surface area contributed by atoms with Crippen LogP contribution in [-0.4, -0.2) is 43.5 Å². The van der Waals surface area contributed by atoms with Gasteiger partial charge in [0.25, 0.3) is 0 Å². The minimum absolute atomic E-state index is 0.00350. The first kappa shape index (κ1) is 32.5. The molecule has 0 radical (unpaired) electrons. The molecule has 1 aliphatic heterocycles. The highest BCUT2D eigenvalue weighted by atomic mass is 35.5. The van der Waals surface area contributed by atoms with Crippen LogP contribution in [0.3, 0.4) is 0 Å². The van der Waals surface area contributed by atoms with Gasteiger partial charge in [-0.25, -0.2) is 10.0 Å². The van der Waals surface area contributed by atoms with Crippen molar-refractivity contribution >= 4 is 33.1 Å². The molecular formula is C30H31ClF3N5O5S. The number of benzene rings is 2. The van der Waals surface area contributed by atoms with Gasteiger partial charge < -0.3 is 14.8 Å². The number of nitrogens with zero attached hydrogens (tertiary/aromatic N) is 4. The highest BCUT2D eigenvalue weighted by molar-refractivity contribution is 7.86. The molecule has 0 bridgehead atoms. The Kier molecular flexibility index (Phi) is 8.79. The van der Waals surface area contributed by atoms with E-state index in [1.807, 2.05) is 20.8 Å². The van der Waals surface area contributed by atoms with Crippen LogP contribution in [0, 0.1) is 0 Å². The summed E-state index contributed by atoms with van der Waals surface area (Å²) in [5.74, 6) is -0.0981. The molecule has 3 heterocycles. The SMILES string of the molecule is COCCOc1nc(-c2ccccc2C(F)(F)F)cc2c1NC(c1c(Cl)c(C(C)(C)C)nn1C)N2OS(=O)(=O)c1ccccc1. The quantitative estimate of drug-likeness (QED) is 0.195. The fraction of sp³-hybridized carbons (Fsp3) is 0.333. The summed E-state index contributed by atoms with van der Waals surface area (Å²) in [4.78, 5) is 4.30. The van der Waals surface area contributed by atoms with Gasteiger partial charge in [-0.05, 0) is 24.3 Å². The van der Waals surface area contributed by atoms with Crippen LogP contribution in [0.15, 0.2) is 65.6 Å². The molecule has 0 aliphatic carbocycles. The third-order valence-corrected chi connectivity index (χ3v) is 8.54. The van der Waals surface area contributed by atoms with Gasteiger partial charge in [-0.3, -0.25) is 4.68 Å². The van der Waals surface area contributed by atoms with Gasteiger partial charge in [0, 0.05) is 25.1 Å². The van der Waals surface area contributed by atoms with Crippen LogP contribution in [-0.2, 0) is 37.8 Å². The van der Waals surface area contributed by atoms with Crippen molar-refractivity contribution < 1.29 is 35.3 Å². The van der Waals surface area contributed by atoms with E-state index in [0.29, 0.717) is 11.4 Å². The van der Waals surface area contributed by atoms with Crippen LogP contribution in [0.1, 0.15) is 43.9 Å². The predicted molar refractivity (Wildman–Crippen MR) is 163 cm³/mol. The van der Waals surface area contributed by atoms with Crippen molar-refractivity contribution in [2.24, 2.45) is 7.05 Å². The third kappa shape index (κ3) is 6.45. The molecule has 15 heteroatoms. The summed E-state index contributed by atoms with van der Waals surface area (Å²) in [6.45, 7) is 5.91. The molecule has 1 N–H and O–H groups in total. The van der Waals surface area contributed by atoms with E-state index in [-0.39, 0.29) is 51.6 Å². The van der Waals surface area contributed by atoms with Crippen LogP contribution in [0.2, 0.25) is 5.02 Å². The number of alkyl halides is 3. The second-order valence-corrected chi connectivity index (χ2v) is 13.1. The number of fused-ring (bicyclic) bond motifs is 1. The number of methoxy groups -OCH3 is 1. The van der Waals surface area contributed by atoms with Gasteiger partial charge in [-0.2, -0.15) is 26.7 Å². The number of ether oxygens (including phenoxy) is 2. The molecule has 0 saturated heterocycles. The minimum atomic E-state index is -4.70. The van der Waals surface area contributed by atoms with Crippen molar-refractivity contribution in [3.63, 3.8) is 0 Å². The number of hydrogen-bond donors (Lipinski definition) is 1. The van der Waals surface area contributed by atoms with Gasteiger partial charge in [0.05, 0.1) is 39.2 Å². The highest BCUT2D eigenvalue weighted by Crippen LogP contribution is 2.50. The molecule has 10 nitrogen and oxygen atoms in total. The summed E-state index contributed by atoms with van der Waals surface area (Å²) in [5.41, 5.74) is -0.700. The van der Waals surface area contributed by atoms with Crippen molar-refractivity contribution in [2.75, 3.05) is 30.7 Å². The average Bonchev–Trinajstić information content (AvgIpc) is 3.48. The maximum Gasteiger partial charge on any atom is 0.417 e. The average molecular weight is 666 g/mol. The normalized spacial score (nSPS) is 15.2. The van der Waals surface area contributed by atoms with E-state index in [0.717, 1.165) is 11.1 Å². The first-order valence-electron chi connectivity index (χ1n) is 13.7. The molecule has 0 fully saturated rings. The van der Waals surface area contributed by atoms with E-state index < -0.39 is 33.4 Å². The molecule has 1 atom stereocenters. The van der Waals surface area contributed by atoms with Gasteiger partial charge >= 0.3 is 16.3 Å². The minimum Gasteiger partial charge on any atom is -0.474 e. The van der Waals surface area contributed by atoms with Crippen molar-refractivity contribution in [3.05, 3.63) is 82.6 Å². The monoisotopic (exact) mass is 665 g/mol. The summed E-state index contributed by atoms with van der Waals surface area (Å²) < 4.78 is 87.7. The smallest absolute Gasteiger partial charge is 0.417 e. The van der Waals surface area contributed by atoms with Gasteiger partial charge in [-0.1, -0.05) is 68.8 Å². The number of nitrogens with one attached hydrogen (secondary N) is 1. The Morgan fingerprint density at radius 3 is 2.31 bits per heavy atom. The summed E-state index contributed by atoms with van der Waals surface area (Å²) in [7, 11) is -1.36. The molecule has 4 aromatic rings. The molecule has 5 rings (SSSR count). The first-order valence-corrected chi connectivity index (χ1v) is 15.5. The number of halogens is 4. The molecular weight excluding hydrogens is 635 g/mol. The molecule has 0 amide bonds. The van der Waals surface area contributed by atoms with Crippen molar-refractivity contribution in [2.45, 2.75) is 43.4 Å². The van der Waals surface area contributed by atoms with E-state index >= 15 is 0 Å². The Morgan fingerprint density at radius 2 is 1.69 bits per heavy atom. The van der Waals surface area contributed by atoms with E-state index in [4.69, 9.17) is 25.4 Å². The summed E-state index contributed by atoms with van der Waals surface area (Å²) >= 11 is 6.89. The zero-order valence-corrected chi connectivity index (χ0v) is 26.6. The van der Waals surface area contributed by atoms with Crippen LogP contribution in [0.25, 0.3) is 11.3 Å². The Balaban J connectivity index is 1.74. The standard InChI is InChI=1S/C30H31ClF3N5O5S/c1-29(2,3)26-23(31)25(38(4)37-26)27-36-24-22(39(27)44-45(40,41)18-11-7-6-8-12-18)17-21(35-28(24)43-16-15-42-5)19-13-9-10-14-20(19)30(32,33)34/h6-14,17,27,36H,15-16H2,1-5H3. The highest BCUT2D eigenvalue weighted by Gasteiger charge is 2.43. The Labute approximate surface area is 263 Å². The molecule has 2 aromatic carbocycles. The van der Waals surface area contributed by atoms with Crippen LogP contribution >= 0.6 is 11.6 Å². The fourth-order valence-electron chi connectivity index (χ4n) is 4.86. The van der Waals surface area contributed by atoms with Gasteiger partial charge in [-0.15, -0.1) is 4.28 Å². The molecule has 0 saturated carbocycles.